The van der Waals surface area contributed by atoms with E-state index in [1.54, 1.807) is 31.5 Å². The Kier molecular flexibility index (Phi) is 7.27. The largest absolute Gasteiger partial charge is 0.462 e. The minimum Gasteiger partial charge on any atom is -0.462 e. The summed E-state index contributed by atoms with van der Waals surface area (Å²) < 4.78 is 12.0. The molecule has 0 radical (unpaired) electrons. The van der Waals surface area contributed by atoms with Gasteiger partial charge in [-0.3, -0.25) is 4.79 Å². The third kappa shape index (κ3) is 5.11. The summed E-state index contributed by atoms with van der Waals surface area (Å²) in [7, 11) is 0. The normalized spacial score (nSPS) is 11.1. The lowest BCUT2D eigenvalue weighted by atomic mass is 10.1. The number of nitrogens with zero attached hydrogens (tertiary/aromatic N) is 2. The van der Waals surface area contributed by atoms with Crippen LogP contribution in [0.5, 0.6) is 0 Å². The number of ether oxygens (including phenoxy) is 2. The van der Waals surface area contributed by atoms with Gasteiger partial charge in [0, 0.05) is 23.0 Å². The van der Waals surface area contributed by atoms with Crippen molar-refractivity contribution in [1.29, 1.82) is 0 Å². The lowest BCUT2D eigenvalue weighted by molar-refractivity contribution is -0.136. The Bertz CT molecular complexity index is 1220. The first-order valence-electron chi connectivity index (χ1n) is 10.6. The van der Waals surface area contributed by atoms with Gasteiger partial charge in [-0.05, 0) is 58.4 Å². The fourth-order valence-corrected chi connectivity index (χ4v) is 3.66. The maximum atomic E-state index is 12.6. The standard InChI is InChI=1S/C25H27N3O5/c1-6-32-25(31)23-15(2)24(26-17(23)4)21(29)14-33-22(30)13-12-20-16(3)27-28(18(20)5)19-10-8-7-9-11-19/h7-13,26H,6,14H2,1-5H3. The van der Waals surface area contributed by atoms with Crippen molar-refractivity contribution in [2.75, 3.05) is 13.2 Å². The van der Waals surface area contributed by atoms with Gasteiger partial charge in [0.05, 0.1) is 29.2 Å². The topological polar surface area (TPSA) is 103 Å². The molecule has 8 nitrogen and oxygen atoms in total. The number of ketones is 1. The van der Waals surface area contributed by atoms with Crippen LogP contribution in [0.25, 0.3) is 11.8 Å². The summed E-state index contributed by atoms with van der Waals surface area (Å²) in [6.07, 6.45) is 2.91. The second-order valence-electron chi connectivity index (χ2n) is 7.54. The average molecular weight is 450 g/mol. The first kappa shape index (κ1) is 23.7. The lowest BCUT2D eigenvalue weighted by Gasteiger charge is -2.04. The van der Waals surface area contributed by atoms with Crippen molar-refractivity contribution in [3.05, 3.63) is 75.9 Å². The quantitative estimate of drug-likeness (QED) is 0.316. The molecule has 1 N–H and O–H groups in total. The van der Waals surface area contributed by atoms with E-state index in [4.69, 9.17) is 9.47 Å². The van der Waals surface area contributed by atoms with Crippen molar-refractivity contribution in [3.63, 3.8) is 0 Å². The molecule has 2 heterocycles. The molecule has 0 saturated carbocycles. The Labute approximate surface area is 192 Å². The maximum Gasteiger partial charge on any atom is 0.340 e. The average Bonchev–Trinajstić information content (AvgIpc) is 3.25. The van der Waals surface area contributed by atoms with Crippen LogP contribution < -0.4 is 0 Å². The van der Waals surface area contributed by atoms with E-state index in [0.29, 0.717) is 16.8 Å². The highest BCUT2D eigenvalue weighted by Crippen LogP contribution is 2.21. The van der Waals surface area contributed by atoms with Crippen LogP contribution in [-0.4, -0.2) is 45.7 Å². The molecule has 172 valence electrons. The molecule has 0 aliphatic heterocycles. The zero-order chi connectivity index (χ0) is 24.1. The third-order valence-electron chi connectivity index (χ3n) is 5.28. The zero-order valence-electron chi connectivity index (χ0n) is 19.4. The van der Waals surface area contributed by atoms with Crippen LogP contribution in [0.2, 0.25) is 0 Å². The summed E-state index contributed by atoms with van der Waals surface area (Å²) in [5.41, 5.74) is 4.92. The molecule has 0 aliphatic carbocycles. The Morgan fingerprint density at radius 2 is 1.76 bits per heavy atom. The van der Waals surface area contributed by atoms with Crippen molar-refractivity contribution in [3.8, 4) is 5.69 Å². The SMILES string of the molecule is CCOC(=O)c1c(C)[nH]c(C(=O)COC(=O)C=Cc2c(C)nn(-c3ccccc3)c2C)c1C. The number of hydrogen-bond donors (Lipinski definition) is 1. The summed E-state index contributed by atoms with van der Waals surface area (Å²) in [6.45, 7) is 8.61. The number of aryl methyl sites for hydroxylation is 2. The molecular formula is C25H27N3O5. The lowest BCUT2D eigenvalue weighted by Crippen LogP contribution is -2.14. The molecule has 3 rings (SSSR count). The van der Waals surface area contributed by atoms with Crippen LogP contribution in [0.4, 0.5) is 0 Å². The molecule has 8 heteroatoms. The zero-order valence-corrected chi connectivity index (χ0v) is 19.4. The second-order valence-corrected chi connectivity index (χ2v) is 7.54. The Morgan fingerprint density at radius 3 is 2.42 bits per heavy atom. The van der Waals surface area contributed by atoms with Crippen LogP contribution in [0.3, 0.4) is 0 Å². The smallest absolute Gasteiger partial charge is 0.340 e. The molecular weight excluding hydrogens is 422 g/mol. The number of benzene rings is 1. The van der Waals surface area contributed by atoms with E-state index in [1.807, 2.05) is 44.2 Å². The van der Waals surface area contributed by atoms with Gasteiger partial charge in [0.25, 0.3) is 0 Å². The first-order valence-corrected chi connectivity index (χ1v) is 10.6. The van der Waals surface area contributed by atoms with E-state index in [9.17, 15) is 14.4 Å². The molecule has 0 unspecified atom stereocenters. The second kappa shape index (κ2) is 10.1. The molecule has 3 aromatic rings. The molecule has 0 bridgehead atoms. The predicted molar refractivity (Wildman–Crippen MR) is 124 cm³/mol. The summed E-state index contributed by atoms with van der Waals surface area (Å²) in [5, 5.41) is 4.54. The molecule has 0 atom stereocenters. The molecule has 33 heavy (non-hydrogen) atoms. The van der Waals surface area contributed by atoms with E-state index < -0.39 is 24.3 Å². The van der Waals surface area contributed by atoms with Crippen LogP contribution in [0.15, 0.2) is 36.4 Å². The van der Waals surface area contributed by atoms with Crippen LogP contribution >= 0.6 is 0 Å². The Balaban J connectivity index is 1.67. The third-order valence-corrected chi connectivity index (χ3v) is 5.28. The Hall–Kier alpha value is -3.94. The summed E-state index contributed by atoms with van der Waals surface area (Å²) in [6, 6.07) is 9.69. The molecule has 0 amide bonds. The number of hydrogen-bond acceptors (Lipinski definition) is 6. The highest BCUT2D eigenvalue weighted by molar-refractivity contribution is 6.03. The minimum atomic E-state index is -0.652. The fourth-order valence-electron chi connectivity index (χ4n) is 3.66. The van der Waals surface area contributed by atoms with E-state index in [1.165, 1.54) is 6.08 Å². The van der Waals surface area contributed by atoms with Crippen molar-refractivity contribution >= 4 is 23.8 Å². The monoisotopic (exact) mass is 449 g/mol. The van der Waals surface area contributed by atoms with Crippen LogP contribution in [0.1, 0.15) is 56.0 Å². The van der Waals surface area contributed by atoms with Gasteiger partial charge in [-0.1, -0.05) is 18.2 Å². The number of carbonyl (C=O) groups excluding carboxylic acids is 3. The van der Waals surface area contributed by atoms with Gasteiger partial charge >= 0.3 is 11.9 Å². The first-order chi connectivity index (χ1) is 15.7. The number of H-pyrrole nitrogens is 1. The van der Waals surface area contributed by atoms with Crippen LogP contribution in [-0.2, 0) is 14.3 Å². The van der Waals surface area contributed by atoms with Gasteiger partial charge in [0.1, 0.15) is 0 Å². The van der Waals surface area contributed by atoms with Gasteiger partial charge in [0.15, 0.2) is 6.61 Å². The number of Topliss-reactive ketones (excluding diaryl/α,β-unsaturated/α-hetero) is 1. The minimum absolute atomic E-state index is 0.225. The molecule has 0 fully saturated rings. The van der Waals surface area contributed by atoms with Gasteiger partial charge < -0.3 is 14.5 Å². The van der Waals surface area contributed by atoms with E-state index in [0.717, 1.165) is 22.6 Å². The van der Waals surface area contributed by atoms with Gasteiger partial charge in [-0.2, -0.15) is 5.10 Å². The number of para-hydroxylation sites is 1. The van der Waals surface area contributed by atoms with Crippen molar-refractivity contribution in [2.24, 2.45) is 0 Å². The van der Waals surface area contributed by atoms with E-state index >= 15 is 0 Å². The predicted octanol–water partition coefficient (Wildman–Crippen LogP) is 4.05. The molecule has 0 aliphatic rings. The number of rotatable bonds is 8. The van der Waals surface area contributed by atoms with Crippen LogP contribution in [0, 0.1) is 27.7 Å². The molecule has 1 aromatic carbocycles. The molecule has 0 saturated heterocycles. The number of esters is 2. The van der Waals surface area contributed by atoms with Crippen molar-refractivity contribution in [1.82, 2.24) is 14.8 Å². The Morgan fingerprint density at radius 1 is 1.06 bits per heavy atom. The van der Waals surface area contributed by atoms with Gasteiger partial charge in [0.2, 0.25) is 5.78 Å². The van der Waals surface area contributed by atoms with Crippen molar-refractivity contribution in [2.45, 2.75) is 34.6 Å². The maximum absolute atomic E-state index is 12.6. The van der Waals surface area contributed by atoms with Gasteiger partial charge in [-0.15, -0.1) is 0 Å². The van der Waals surface area contributed by atoms with Crippen molar-refractivity contribution < 1.29 is 23.9 Å². The highest BCUT2D eigenvalue weighted by atomic mass is 16.5. The fraction of sp³-hybridized carbons (Fsp3) is 0.280. The summed E-state index contributed by atoms with van der Waals surface area (Å²) in [4.78, 5) is 39.8. The number of aromatic amines is 1. The summed E-state index contributed by atoms with van der Waals surface area (Å²) in [5.74, 6) is -1.58. The number of aromatic nitrogens is 3. The van der Waals surface area contributed by atoms with E-state index in [-0.39, 0.29) is 12.3 Å². The molecule has 0 spiro atoms. The van der Waals surface area contributed by atoms with Gasteiger partial charge in [-0.25, -0.2) is 14.3 Å². The molecule has 2 aromatic heterocycles. The van der Waals surface area contributed by atoms with E-state index in [2.05, 4.69) is 10.1 Å². The summed E-state index contributed by atoms with van der Waals surface area (Å²) >= 11 is 0. The number of carbonyl (C=O) groups is 3. The highest BCUT2D eigenvalue weighted by Gasteiger charge is 2.23. The number of nitrogens with one attached hydrogen (secondary N) is 1.